The maximum atomic E-state index is 13.8. The fourth-order valence-corrected chi connectivity index (χ4v) is 2.61. The molecular weight excluding hydrogens is 333 g/mol. The molecule has 0 unspecified atom stereocenters. The van der Waals surface area contributed by atoms with E-state index in [2.05, 4.69) is 10.3 Å². The van der Waals surface area contributed by atoms with Gasteiger partial charge in [-0.15, -0.1) is 0 Å². The molecule has 3 rings (SSSR count). The molecule has 0 fully saturated rings. The van der Waals surface area contributed by atoms with E-state index in [1.165, 1.54) is 12.3 Å². The van der Waals surface area contributed by atoms with Gasteiger partial charge in [-0.25, -0.2) is 9.37 Å². The first-order valence-electron chi connectivity index (χ1n) is 8.30. The lowest BCUT2D eigenvalue weighted by molar-refractivity contribution is -0.116. The number of hydrogen-bond acceptors (Lipinski definition) is 4. The van der Waals surface area contributed by atoms with Crippen molar-refractivity contribution >= 4 is 17.3 Å². The van der Waals surface area contributed by atoms with Gasteiger partial charge < -0.3 is 14.6 Å². The number of benzene rings is 2. The fraction of sp³-hybridized carbons (Fsp3) is 0.200. The van der Waals surface area contributed by atoms with Crippen molar-refractivity contribution in [2.75, 3.05) is 24.3 Å². The van der Waals surface area contributed by atoms with E-state index >= 15 is 0 Å². The minimum absolute atomic E-state index is 0.134. The summed E-state index contributed by atoms with van der Waals surface area (Å²) in [7, 11) is 3.84. The summed E-state index contributed by atoms with van der Waals surface area (Å²) >= 11 is 0. The monoisotopic (exact) mass is 353 g/mol. The number of nitrogens with one attached hydrogen (secondary N) is 1. The van der Waals surface area contributed by atoms with Gasteiger partial charge in [0.15, 0.2) is 11.7 Å². The van der Waals surface area contributed by atoms with E-state index < -0.39 is 0 Å². The van der Waals surface area contributed by atoms with Gasteiger partial charge >= 0.3 is 0 Å². The van der Waals surface area contributed by atoms with Crippen LogP contribution in [0, 0.1) is 5.82 Å². The Bertz CT molecular complexity index is 905. The summed E-state index contributed by atoms with van der Waals surface area (Å²) in [6.45, 7) is 0. The molecule has 3 aromatic rings. The van der Waals surface area contributed by atoms with Crippen molar-refractivity contribution in [3.8, 4) is 11.3 Å². The second-order valence-corrected chi connectivity index (χ2v) is 6.06. The summed E-state index contributed by atoms with van der Waals surface area (Å²) in [4.78, 5) is 18.3. The zero-order chi connectivity index (χ0) is 18.5. The van der Waals surface area contributed by atoms with E-state index in [1.54, 1.807) is 18.2 Å². The first kappa shape index (κ1) is 17.7. The Hall–Kier alpha value is -3.15. The van der Waals surface area contributed by atoms with Crippen molar-refractivity contribution < 1.29 is 13.6 Å². The van der Waals surface area contributed by atoms with Crippen LogP contribution in [0.15, 0.2) is 59.1 Å². The Labute approximate surface area is 151 Å². The van der Waals surface area contributed by atoms with Gasteiger partial charge in [0.2, 0.25) is 5.91 Å². The Morgan fingerprint density at radius 1 is 1.15 bits per heavy atom. The second-order valence-electron chi connectivity index (χ2n) is 6.06. The third-order valence-corrected chi connectivity index (χ3v) is 3.92. The van der Waals surface area contributed by atoms with Crippen LogP contribution < -0.4 is 10.2 Å². The van der Waals surface area contributed by atoms with Gasteiger partial charge in [0.05, 0.1) is 23.1 Å². The van der Waals surface area contributed by atoms with Crippen LogP contribution in [-0.2, 0) is 11.2 Å². The van der Waals surface area contributed by atoms with Crippen molar-refractivity contribution in [3.63, 3.8) is 0 Å². The largest absolute Gasteiger partial charge is 0.441 e. The third-order valence-electron chi connectivity index (χ3n) is 3.92. The maximum Gasteiger partial charge on any atom is 0.224 e. The lowest BCUT2D eigenvalue weighted by atomic mass is 10.2. The highest BCUT2D eigenvalue weighted by molar-refractivity contribution is 5.94. The van der Waals surface area contributed by atoms with Crippen LogP contribution in [0.25, 0.3) is 11.3 Å². The van der Waals surface area contributed by atoms with Crippen molar-refractivity contribution in [2.45, 2.75) is 12.8 Å². The minimum Gasteiger partial charge on any atom is -0.441 e. The topological polar surface area (TPSA) is 58.4 Å². The van der Waals surface area contributed by atoms with Crippen LogP contribution >= 0.6 is 0 Å². The molecule has 0 aliphatic rings. The number of oxazole rings is 1. The summed E-state index contributed by atoms with van der Waals surface area (Å²) < 4.78 is 19.4. The molecule has 0 saturated carbocycles. The van der Waals surface area contributed by atoms with Crippen molar-refractivity contribution in [3.05, 3.63) is 66.4 Å². The highest BCUT2D eigenvalue weighted by Gasteiger charge is 2.13. The number of amides is 1. The van der Waals surface area contributed by atoms with Crippen molar-refractivity contribution in [1.82, 2.24) is 4.98 Å². The Kier molecular flexibility index (Phi) is 5.31. The van der Waals surface area contributed by atoms with E-state index in [9.17, 15) is 9.18 Å². The third kappa shape index (κ3) is 4.08. The molecule has 2 aromatic carbocycles. The van der Waals surface area contributed by atoms with Crippen LogP contribution in [0.5, 0.6) is 0 Å². The number of rotatable bonds is 6. The van der Waals surface area contributed by atoms with E-state index in [-0.39, 0.29) is 18.1 Å². The van der Waals surface area contributed by atoms with E-state index in [4.69, 9.17) is 4.42 Å². The van der Waals surface area contributed by atoms with Crippen LogP contribution in [0.1, 0.15) is 12.3 Å². The number of aryl methyl sites for hydroxylation is 1. The highest BCUT2D eigenvalue weighted by Crippen LogP contribution is 2.25. The molecule has 0 aliphatic heterocycles. The average Bonchev–Trinajstić information content (AvgIpc) is 3.09. The second kappa shape index (κ2) is 7.82. The van der Waals surface area contributed by atoms with Gasteiger partial charge in [-0.1, -0.05) is 24.3 Å². The summed E-state index contributed by atoms with van der Waals surface area (Å²) in [6.07, 6.45) is 2.04. The molecule has 1 heterocycles. The van der Waals surface area contributed by atoms with E-state index in [1.807, 2.05) is 43.3 Å². The van der Waals surface area contributed by atoms with Gasteiger partial charge in [-0.3, -0.25) is 4.79 Å². The van der Waals surface area contributed by atoms with Crippen LogP contribution in [0.3, 0.4) is 0 Å². The molecule has 0 atom stereocenters. The summed E-state index contributed by atoms with van der Waals surface area (Å²) in [5.41, 5.74) is 2.04. The normalized spacial score (nSPS) is 10.6. The number of anilines is 2. The van der Waals surface area contributed by atoms with Gasteiger partial charge in [0, 0.05) is 26.9 Å². The van der Waals surface area contributed by atoms with Gasteiger partial charge in [-0.05, 0) is 24.3 Å². The molecular formula is C20H20FN3O2. The molecule has 0 radical (unpaired) electrons. The number of aromatic nitrogens is 1. The molecule has 5 nitrogen and oxygen atoms in total. The predicted molar refractivity (Wildman–Crippen MR) is 99.6 cm³/mol. The lowest BCUT2D eigenvalue weighted by Crippen LogP contribution is -2.16. The molecule has 0 spiro atoms. The average molecular weight is 353 g/mol. The van der Waals surface area contributed by atoms with Crippen molar-refractivity contribution in [2.24, 2.45) is 0 Å². The van der Waals surface area contributed by atoms with E-state index in [0.29, 0.717) is 23.6 Å². The number of halogens is 1. The summed E-state index contributed by atoms with van der Waals surface area (Å²) in [6, 6.07) is 13.9. The minimum atomic E-state index is -0.367. The van der Waals surface area contributed by atoms with Gasteiger partial charge in [0.25, 0.3) is 0 Å². The molecule has 0 aliphatic carbocycles. The lowest BCUT2D eigenvalue weighted by Gasteiger charge is -2.17. The van der Waals surface area contributed by atoms with Crippen LogP contribution in [0.4, 0.5) is 15.8 Å². The quantitative estimate of drug-likeness (QED) is 0.724. The molecule has 1 aromatic heterocycles. The molecule has 134 valence electrons. The molecule has 26 heavy (non-hydrogen) atoms. The number of nitrogens with zero attached hydrogens (tertiary/aromatic N) is 2. The fourth-order valence-electron chi connectivity index (χ4n) is 2.61. The molecule has 0 saturated heterocycles. The van der Waals surface area contributed by atoms with Crippen LogP contribution in [0.2, 0.25) is 0 Å². The molecule has 1 N–H and O–H groups in total. The Morgan fingerprint density at radius 3 is 2.65 bits per heavy atom. The smallest absolute Gasteiger partial charge is 0.224 e. The number of hydrogen-bond donors (Lipinski definition) is 1. The highest BCUT2D eigenvalue weighted by atomic mass is 19.1. The van der Waals surface area contributed by atoms with Gasteiger partial charge in [-0.2, -0.15) is 0 Å². The summed E-state index contributed by atoms with van der Waals surface area (Å²) in [5.74, 6) is 0.258. The van der Waals surface area contributed by atoms with Gasteiger partial charge in [0.1, 0.15) is 5.82 Å². The number of carbonyl (C=O) groups excluding carboxylic acids is 1. The van der Waals surface area contributed by atoms with E-state index in [0.717, 1.165) is 11.4 Å². The van der Waals surface area contributed by atoms with Crippen molar-refractivity contribution in [1.29, 1.82) is 0 Å². The Balaban J connectivity index is 1.62. The SMILES string of the molecule is CN(C)c1ccccc1NC(=O)CCc1ncc(-c2ccccc2F)o1. The van der Waals surface area contributed by atoms with Crippen LogP contribution in [-0.4, -0.2) is 25.0 Å². The number of carbonyl (C=O) groups is 1. The zero-order valence-electron chi connectivity index (χ0n) is 14.7. The molecule has 6 heteroatoms. The maximum absolute atomic E-state index is 13.8. The first-order valence-corrected chi connectivity index (χ1v) is 8.30. The molecule has 1 amide bonds. The summed E-state index contributed by atoms with van der Waals surface area (Å²) in [5, 5.41) is 2.90. The Morgan fingerprint density at radius 2 is 1.88 bits per heavy atom. The molecule has 0 bridgehead atoms. The standard InChI is InChI=1S/C20H20FN3O2/c1-24(2)17-10-6-5-9-16(17)23-19(25)11-12-20-22-13-18(26-20)14-7-3-4-8-15(14)21/h3-10,13H,11-12H2,1-2H3,(H,23,25). The first-order chi connectivity index (χ1) is 12.5. The number of para-hydroxylation sites is 2. The predicted octanol–water partition coefficient (Wildman–Crippen LogP) is 4.12. The zero-order valence-corrected chi connectivity index (χ0v) is 14.7.